The zero-order valence-electron chi connectivity index (χ0n) is 13.9. The Kier molecular flexibility index (Phi) is 3.23. The van der Waals surface area contributed by atoms with Gasteiger partial charge in [-0.1, -0.05) is 26.7 Å². The molecule has 23 heavy (non-hydrogen) atoms. The van der Waals surface area contributed by atoms with Crippen LogP contribution in [0.4, 0.5) is 0 Å². The summed E-state index contributed by atoms with van der Waals surface area (Å²) in [6, 6.07) is 0. The molecular weight excluding hydrogens is 296 g/mol. The van der Waals surface area contributed by atoms with Gasteiger partial charge in [-0.3, -0.25) is 4.79 Å². The average Bonchev–Trinajstić information content (AvgIpc) is 3.20. The van der Waals surface area contributed by atoms with Crippen molar-refractivity contribution in [3.63, 3.8) is 0 Å². The zero-order valence-corrected chi connectivity index (χ0v) is 13.9. The van der Waals surface area contributed by atoms with Crippen LogP contribution in [-0.4, -0.2) is 30.4 Å². The summed E-state index contributed by atoms with van der Waals surface area (Å²) in [5.74, 6) is 0.720. The Labute approximate surface area is 137 Å². The van der Waals surface area contributed by atoms with Crippen molar-refractivity contribution in [1.29, 1.82) is 0 Å². The van der Waals surface area contributed by atoms with E-state index in [1.165, 1.54) is 0 Å². The van der Waals surface area contributed by atoms with Crippen LogP contribution in [0.1, 0.15) is 52.4 Å². The third-order valence-electron chi connectivity index (χ3n) is 6.75. The number of rotatable bonds is 7. The summed E-state index contributed by atoms with van der Waals surface area (Å²) < 4.78 is 24.7. The number of unbranched alkanes of at least 4 members (excludes halogenated alkanes) is 2. The molecule has 0 aromatic heterocycles. The van der Waals surface area contributed by atoms with Crippen LogP contribution in [0.25, 0.3) is 0 Å². The van der Waals surface area contributed by atoms with E-state index in [4.69, 9.17) is 18.9 Å². The quantitative estimate of drug-likeness (QED) is 0.721. The topological polar surface area (TPSA) is 54.0 Å². The molecule has 5 heteroatoms. The van der Waals surface area contributed by atoms with Crippen LogP contribution in [0.5, 0.6) is 0 Å². The number of carbonyl (C=O) groups is 1. The van der Waals surface area contributed by atoms with Crippen molar-refractivity contribution < 1.29 is 23.7 Å². The van der Waals surface area contributed by atoms with E-state index in [2.05, 4.69) is 13.8 Å². The Bertz CT molecular complexity index is 522. The van der Waals surface area contributed by atoms with E-state index >= 15 is 0 Å². The molecule has 0 radical (unpaired) electrons. The van der Waals surface area contributed by atoms with Crippen LogP contribution in [0.3, 0.4) is 0 Å². The molecule has 5 aliphatic rings. The summed E-state index contributed by atoms with van der Waals surface area (Å²) >= 11 is 0. The monoisotopic (exact) mass is 322 g/mol. The molecule has 0 spiro atoms. The third-order valence-corrected chi connectivity index (χ3v) is 6.75. The lowest BCUT2D eigenvalue weighted by Crippen LogP contribution is -2.54. The molecule has 2 bridgehead atoms. The molecule has 4 heterocycles. The molecule has 5 rings (SSSR count). The van der Waals surface area contributed by atoms with Crippen molar-refractivity contribution in [3.05, 3.63) is 0 Å². The predicted octanol–water partition coefficient (Wildman–Crippen LogP) is 2.83. The molecule has 4 unspecified atom stereocenters. The fourth-order valence-corrected chi connectivity index (χ4v) is 5.94. The fraction of sp³-hybridized carbons (Fsp3) is 0.944. The van der Waals surface area contributed by atoms with Gasteiger partial charge in [0.15, 0.2) is 24.7 Å². The van der Waals surface area contributed by atoms with E-state index in [1.54, 1.807) is 0 Å². The summed E-state index contributed by atoms with van der Waals surface area (Å²) in [6.07, 6.45) is 4.90. The zero-order chi connectivity index (χ0) is 15.8. The number of Topliss-reactive ketones (excluding diaryl/α,β-unsaturated/α-hetero) is 1. The van der Waals surface area contributed by atoms with Crippen LogP contribution in [-0.2, 0) is 23.7 Å². The van der Waals surface area contributed by atoms with E-state index in [-0.39, 0.29) is 48.5 Å². The molecule has 9 atom stereocenters. The molecule has 0 aromatic carbocycles. The minimum atomic E-state index is -0.654. The highest BCUT2D eigenvalue weighted by atomic mass is 16.9. The molecule has 1 aliphatic carbocycles. The number of ether oxygens (including phenoxy) is 4. The molecule has 128 valence electrons. The molecule has 0 amide bonds. The first-order valence-corrected chi connectivity index (χ1v) is 9.39. The standard InChI is InChI=1S/C18H26O5/c1-3-5-7-9(19)10-11-12-13-14(10)18(8-6-4-2)22-16(11)20-15(12)21-17(13)23-18/h10-17H,3-8H2,1-2H3/t10-,11?,12?,13?,14?,15-,16+,17+,18-/m1/s1. The van der Waals surface area contributed by atoms with Gasteiger partial charge in [0.2, 0.25) is 0 Å². The first kappa shape index (κ1) is 14.8. The molecule has 0 aromatic rings. The van der Waals surface area contributed by atoms with E-state index in [1.807, 2.05) is 0 Å². The van der Waals surface area contributed by atoms with Crippen LogP contribution in [0, 0.1) is 29.6 Å². The summed E-state index contributed by atoms with van der Waals surface area (Å²) in [7, 11) is 0. The normalized spacial score (nSPS) is 54.3. The van der Waals surface area contributed by atoms with Crippen LogP contribution >= 0.6 is 0 Å². The lowest BCUT2D eigenvalue weighted by molar-refractivity contribution is -0.401. The van der Waals surface area contributed by atoms with Crippen LogP contribution in [0.15, 0.2) is 0 Å². The van der Waals surface area contributed by atoms with Gasteiger partial charge in [0.1, 0.15) is 5.78 Å². The molecule has 0 N–H and O–H groups in total. The van der Waals surface area contributed by atoms with Crippen LogP contribution < -0.4 is 0 Å². The maximum Gasteiger partial charge on any atom is 0.178 e. The maximum atomic E-state index is 13.0. The van der Waals surface area contributed by atoms with Gasteiger partial charge >= 0.3 is 0 Å². The van der Waals surface area contributed by atoms with Crippen molar-refractivity contribution in [2.24, 2.45) is 29.6 Å². The first-order valence-electron chi connectivity index (χ1n) is 9.39. The smallest absolute Gasteiger partial charge is 0.178 e. The number of ketones is 1. The summed E-state index contributed by atoms with van der Waals surface area (Å²) in [5.41, 5.74) is 0. The summed E-state index contributed by atoms with van der Waals surface area (Å²) in [6.45, 7) is 4.31. The van der Waals surface area contributed by atoms with Gasteiger partial charge in [-0.2, -0.15) is 0 Å². The highest BCUT2D eigenvalue weighted by molar-refractivity contribution is 5.82. The lowest BCUT2D eigenvalue weighted by atomic mass is 9.75. The van der Waals surface area contributed by atoms with Crippen LogP contribution in [0.2, 0.25) is 0 Å². The minimum absolute atomic E-state index is 0.0473. The minimum Gasteiger partial charge on any atom is -0.323 e. The predicted molar refractivity (Wildman–Crippen MR) is 79.9 cm³/mol. The van der Waals surface area contributed by atoms with Gasteiger partial charge in [0.25, 0.3) is 0 Å². The largest absolute Gasteiger partial charge is 0.323 e. The Morgan fingerprint density at radius 1 is 0.913 bits per heavy atom. The van der Waals surface area contributed by atoms with Gasteiger partial charge in [-0.05, 0) is 12.8 Å². The second-order valence-electron chi connectivity index (χ2n) is 7.88. The van der Waals surface area contributed by atoms with E-state index < -0.39 is 5.79 Å². The Morgan fingerprint density at radius 2 is 1.61 bits per heavy atom. The molecule has 1 saturated carbocycles. The second-order valence-corrected chi connectivity index (χ2v) is 7.88. The molecule has 5 nitrogen and oxygen atoms in total. The second kappa shape index (κ2) is 5.01. The average molecular weight is 322 g/mol. The van der Waals surface area contributed by atoms with E-state index in [9.17, 15) is 4.79 Å². The maximum absolute atomic E-state index is 13.0. The van der Waals surface area contributed by atoms with Crippen molar-refractivity contribution in [1.82, 2.24) is 0 Å². The van der Waals surface area contributed by atoms with E-state index in [0.29, 0.717) is 12.2 Å². The Morgan fingerprint density at radius 3 is 2.30 bits per heavy atom. The Balaban J connectivity index is 1.52. The van der Waals surface area contributed by atoms with Gasteiger partial charge in [0.05, 0.1) is 0 Å². The van der Waals surface area contributed by atoms with Crippen molar-refractivity contribution in [2.45, 2.75) is 77.0 Å². The summed E-state index contributed by atoms with van der Waals surface area (Å²) in [4.78, 5) is 13.0. The fourth-order valence-electron chi connectivity index (χ4n) is 5.94. The first-order chi connectivity index (χ1) is 11.2. The third kappa shape index (κ3) is 1.74. The van der Waals surface area contributed by atoms with Gasteiger partial charge in [-0.15, -0.1) is 0 Å². The molecule has 5 fully saturated rings. The van der Waals surface area contributed by atoms with Gasteiger partial charge in [-0.25, -0.2) is 0 Å². The van der Waals surface area contributed by atoms with Crippen molar-refractivity contribution in [2.75, 3.05) is 0 Å². The number of carbonyl (C=O) groups excluding carboxylic acids is 1. The molecule has 4 aliphatic heterocycles. The number of hydrogen-bond acceptors (Lipinski definition) is 5. The van der Waals surface area contributed by atoms with Gasteiger partial charge < -0.3 is 18.9 Å². The SMILES string of the molecule is CCCCC(=O)[C@@H]1C2C3C4C1[C@@]1(CCCC)O[C@@H]4O[C@H]3O[C@H]2O1. The highest BCUT2D eigenvalue weighted by Gasteiger charge is 2.80. The van der Waals surface area contributed by atoms with Crippen molar-refractivity contribution >= 4 is 5.78 Å². The summed E-state index contributed by atoms with van der Waals surface area (Å²) in [5, 5.41) is 0. The molecular formula is C18H26O5. The molecule has 4 saturated heterocycles. The lowest BCUT2D eigenvalue weighted by Gasteiger charge is -2.45. The Hall–Kier alpha value is -0.490. The van der Waals surface area contributed by atoms with Gasteiger partial charge in [0, 0.05) is 42.4 Å². The van der Waals surface area contributed by atoms with Crippen molar-refractivity contribution in [3.8, 4) is 0 Å². The van der Waals surface area contributed by atoms with E-state index in [0.717, 1.165) is 32.1 Å². The highest BCUT2D eigenvalue weighted by Crippen LogP contribution is 2.71. The number of hydrogen-bond donors (Lipinski definition) is 0.